The number of unbranched alkanes of at least 4 members (excludes halogenated alkanes) is 5. The summed E-state index contributed by atoms with van der Waals surface area (Å²) < 4.78 is 5.90. The quantitative estimate of drug-likeness (QED) is 0.138. The van der Waals surface area contributed by atoms with Gasteiger partial charge in [0.15, 0.2) is 5.78 Å². The first kappa shape index (κ1) is 29.5. The zero-order valence-electron chi connectivity index (χ0n) is 23.6. The Morgan fingerprint density at radius 3 is 2.29 bits per heavy atom. The second kappa shape index (κ2) is 15.4. The number of carbonyl (C=O) groups excluding carboxylic acids is 1. The number of rotatable bonds is 16. The summed E-state index contributed by atoms with van der Waals surface area (Å²) in [6.07, 6.45) is 12.2. The summed E-state index contributed by atoms with van der Waals surface area (Å²) in [6, 6.07) is 14.6. The van der Waals surface area contributed by atoms with E-state index in [1.807, 2.05) is 12.1 Å². The van der Waals surface area contributed by atoms with Gasteiger partial charge in [0, 0.05) is 35.8 Å². The number of aliphatic hydroxyl groups is 1. The van der Waals surface area contributed by atoms with Gasteiger partial charge >= 0.3 is 0 Å². The molecular weight excluding hydrogens is 470 g/mol. The minimum absolute atomic E-state index is 0.0739. The number of ketones is 1. The lowest BCUT2D eigenvalue weighted by molar-refractivity contribution is 0.101. The number of likely N-dealkylation sites (tertiary alicyclic amines) is 1. The highest BCUT2D eigenvalue weighted by atomic mass is 16.5. The van der Waals surface area contributed by atoms with Gasteiger partial charge in [0.1, 0.15) is 5.75 Å². The molecule has 4 heteroatoms. The van der Waals surface area contributed by atoms with Crippen LogP contribution in [-0.4, -0.2) is 35.5 Å². The number of benzene rings is 2. The van der Waals surface area contributed by atoms with Crippen molar-refractivity contribution >= 4 is 11.5 Å². The van der Waals surface area contributed by atoms with Gasteiger partial charge < -0.3 is 14.7 Å². The maximum absolute atomic E-state index is 12.1. The van der Waals surface area contributed by atoms with Gasteiger partial charge in [-0.2, -0.15) is 0 Å². The summed E-state index contributed by atoms with van der Waals surface area (Å²) in [5.74, 6) is 1.49. The summed E-state index contributed by atoms with van der Waals surface area (Å²) in [5.41, 5.74) is 5.37. The van der Waals surface area contributed by atoms with Crippen molar-refractivity contribution in [1.29, 1.82) is 0 Å². The second-order valence-corrected chi connectivity index (χ2v) is 10.7. The predicted molar refractivity (Wildman–Crippen MR) is 159 cm³/mol. The van der Waals surface area contributed by atoms with Gasteiger partial charge in [-0.1, -0.05) is 70.0 Å². The first-order valence-corrected chi connectivity index (χ1v) is 14.6. The Morgan fingerprint density at radius 2 is 1.63 bits per heavy atom. The van der Waals surface area contributed by atoms with Crippen molar-refractivity contribution in [3.05, 3.63) is 83.6 Å². The van der Waals surface area contributed by atoms with Crippen LogP contribution >= 0.6 is 0 Å². The van der Waals surface area contributed by atoms with E-state index >= 15 is 0 Å². The number of nitrogens with zero attached hydrogens (tertiary/aromatic N) is 1. The SMILES string of the molecule is C=C(O)C1CCN(C(=C)c2cc(C(C)=O)ccc2CCCCc2ccc(OCCCCCCC)cc2)CC1. The smallest absolute Gasteiger partial charge is 0.159 e. The van der Waals surface area contributed by atoms with E-state index in [1.165, 1.54) is 36.8 Å². The van der Waals surface area contributed by atoms with Crippen LogP contribution in [0.25, 0.3) is 5.70 Å². The van der Waals surface area contributed by atoms with Crippen LogP contribution in [0.5, 0.6) is 5.75 Å². The second-order valence-electron chi connectivity index (χ2n) is 10.7. The van der Waals surface area contributed by atoms with Gasteiger partial charge in [0.2, 0.25) is 0 Å². The molecule has 0 aliphatic carbocycles. The molecule has 3 rings (SSSR count). The lowest BCUT2D eigenvalue weighted by Gasteiger charge is -2.35. The van der Waals surface area contributed by atoms with Crippen LogP contribution in [0.1, 0.15) is 98.7 Å². The summed E-state index contributed by atoms with van der Waals surface area (Å²) in [7, 11) is 0. The number of aliphatic hydroxyl groups excluding tert-OH is 1. The zero-order valence-corrected chi connectivity index (χ0v) is 23.6. The van der Waals surface area contributed by atoms with E-state index < -0.39 is 0 Å². The summed E-state index contributed by atoms with van der Waals surface area (Å²) in [4.78, 5) is 14.4. The van der Waals surface area contributed by atoms with Crippen molar-refractivity contribution in [1.82, 2.24) is 4.90 Å². The standard InChI is InChI=1S/C34H47NO3/c1-5-6-7-8-11-24-38-33-18-14-29(15-19-33)12-9-10-13-31-16-17-32(28(4)37)25-34(31)26(2)35-22-20-30(21-23-35)27(3)36/h14-19,25,30,36H,2-3,5-13,20-24H2,1,4H3. The molecule has 38 heavy (non-hydrogen) atoms. The molecule has 0 amide bonds. The van der Waals surface area contributed by atoms with Crippen LogP contribution in [0.4, 0.5) is 0 Å². The highest BCUT2D eigenvalue weighted by molar-refractivity contribution is 5.95. The molecule has 1 aliphatic heterocycles. The Balaban J connectivity index is 1.50. The summed E-state index contributed by atoms with van der Waals surface area (Å²) in [6.45, 7) is 14.5. The number of Topliss-reactive ketones (excluding diaryl/α,β-unsaturated/α-hetero) is 1. The molecule has 0 aromatic heterocycles. The monoisotopic (exact) mass is 517 g/mol. The van der Waals surface area contributed by atoms with Crippen LogP contribution in [0, 0.1) is 5.92 Å². The van der Waals surface area contributed by atoms with Crippen molar-refractivity contribution in [3.8, 4) is 5.75 Å². The van der Waals surface area contributed by atoms with E-state index in [0.717, 1.165) is 87.2 Å². The molecular formula is C34H47NO3. The fourth-order valence-corrected chi connectivity index (χ4v) is 5.23. The topological polar surface area (TPSA) is 49.8 Å². The van der Waals surface area contributed by atoms with Gasteiger partial charge in [0.25, 0.3) is 0 Å². The van der Waals surface area contributed by atoms with E-state index in [1.54, 1.807) is 6.92 Å². The molecule has 1 saturated heterocycles. The van der Waals surface area contributed by atoms with Gasteiger partial charge in [-0.25, -0.2) is 0 Å². The van der Waals surface area contributed by atoms with E-state index in [4.69, 9.17) is 4.74 Å². The molecule has 0 saturated carbocycles. The molecule has 0 unspecified atom stereocenters. The highest BCUT2D eigenvalue weighted by Gasteiger charge is 2.23. The number of hydrogen-bond donors (Lipinski definition) is 1. The lowest BCUT2D eigenvalue weighted by atomic mass is 9.92. The Bertz CT molecular complexity index is 1050. The summed E-state index contributed by atoms with van der Waals surface area (Å²) in [5, 5.41) is 9.77. The fourth-order valence-electron chi connectivity index (χ4n) is 5.23. The van der Waals surface area contributed by atoms with E-state index in [2.05, 4.69) is 55.3 Å². The number of aryl methyl sites for hydroxylation is 2. The van der Waals surface area contributed by atoms with Crippen LogP contribution < -0.4 is 4.74 Å². The average molecular weight is 518 g/mol. The van der Waals surface area contributed by atoms with Gasteiger partial charge in [-0.05, 0) is 81.2 Å². The Morgan fingerprint density at radius 1 is 0.947 bits per heavy atom. The Hall–Kier alpha value is -3.01. The third-order valence-electron chi connectivity index (χ3n) is 7.78. The molecule has 1 heterocycles. The van der Waals surface area contributed by atoms with Crippen LogP contribution in [0.2, 0.25) is 0 Å². The molecule has 0 bridgehead atoms. The normalized spacial score (nSPS) is 13.9. The molecule has 0 radical (unpaired) electrons. The van der Waals surface area contributed by atoms with Crippen LogP contribution in [-0.2, 0) is 12.8 Å². The van der Waals surface area contributed by atoms with E-state index in [0.29, 0.717) is 0 Å². The largest absolute Gasteiger partial charge is 0.513 e. The lowest BCUT2D eigenvalue weighted by Crippen LogP contribution is -2.33. The van der Waals surface area contributed by atoms with Crippen molar-refractivity contribution in [2.45, 2.75) is 84.5 Å². The van der Waals surface area contributed by atoms with Gasteiger partial charge in [-0.3, -0.25) is 4.79 Å². The first-order chi connectivity index (χ1) is 18.4. The molecule has 0 spiro atoms. The van der Waals surface area contributed by atoms with Crippen LogP contribution in [0.3, 0.4) is 0 Å². The van der Waals surface area contributed by atoms with E-state index in [-0.39, 0.29) is 17.5 Å². The Kier molecular flexibility index (Phi) is 12.0. The summed E-state index contributed by atoms with van der Waals surface area (Å²) >= 11 is 0. The molecule has 1 fully saturated rings. The molecule has 0 atom stereocenters. The average Bonchev–Trinajstić information content (AvgIpc) is 2.93. The maximum Gasteiger partial charge on any atom is 0.159 e. The molecule has 4 nitrogen and oxygen atoms in total. The number of piperidine rings is 1. The maximum atomic E-state index is 12.1. The number of hydrogen-bond acceptors (Lipinski definition) is 4. The minimum Gasteiger partial charge on any atom is -0.513 e. The van der Waals surface area contributed by atoms with Gasteiger partial charge in [-0.15, -0.1) is 0 Å². The highest BCUT2D eigenvalue weighted by Crippen LogP contribution is 2.30. The number of ether oxygens (including phenoxy) is 1. The van der Waals surface area contributed by atoms with Gasteiger partial charge in [0.05, 0.1) is 12.4 Å². The zero-order chi connectivity index (χ0) is 27.3. The molecule has 1 aliphatic rings. The Labute approximate surface area is 230 Å². The fraction of sp³-hybridized carbons (Fsp3) is 0.500. The van der Waals surface area contributed by atoms with E-state index in [9.17, 15) is 9.90 Å². The van der Waals surface area contributed by atoms with Crippen LogP contribution in [0.15, 0.2) is 61.4 Å². The minimum atomic E-state index is 0.0739. The molecule has 1 N–H and O–H groups in total. The predicted octanol–water partition coefficient (Wildman–Crippen LogP) is 8.56. The third kappa shape index (κ3) is 9.08. The van der Waals surface area contributed by atoms with Crippen molar-refractivity contribution < 1.29 is 14.6 Å². The van der Waals surface area contributed by atoms with Crippen molar-refractivity contribution in [3.63, 3.8) is 0 Å². The van der Waals surface area contributed by atoms with Crippen molar-refractivity contribution in [2.75, 3.05) is 19.7 Å². The molecule has 206 valence electrons. The first-order valence-electron chi connectivity index (χ1n) is 14.6. The number of carbonyl (C=O) groups is 1. The molecule has 2 aromatic carbocycles. The number of allylic oxidation sites excluding steroid dienone is 1. The third-order valence-corrected chi connectivity index (χ3v) is 7.78. The molecule has 2 aromatic rings. The van der Waals surface area contributed by atoms with Crippen molar-refractivity contribution in [2.24, 2.45) is 5.92 Å².